The van der Waals surface area contributed by atoms with Gasteiger partial charge in [0.25, 0.3) is 0 Å². The summed E-state index contributed by atoms with van der Waals surface area (Å²) in [6.07, 6.45) is 1.79. The van der Waals surface area contributed by atoms with Crippen LogP contribution in [0.25, 0.3) is 11.4 Å². The molecule has 0 saturated heterocycles. The number of imidazole rings is 1. The molecule has 0 radical (unpaired) electrons. The standard InChI is InChI=1S/C13H16FN3/c1-13(2,3)11-7-16-12(17-11)9-5-4-8(14)6-10(9)15/h4-7H,15H2,1-3H3,(H,16,17). The van der Waals surface area contributed by atoms with Crippen LogP contribution in [0.1, 0.15) is 26.5 Å². The van der Waals surface area contributed by atoms with Crippen LogP contribution in [0.4, 0.5) is 10.1 Å². The van der Waals surface area contributed by atoms with E-state index in [2.05, 4.69) is 30.7 Å². The molecule has 0 fully saturated rings. The van der Waals surface area contributed by atoms with E-state index in [4.69, 9.17) is 5.73 Å². The van der Waals surface area contributed by atoms with Gasteiger partial charge in [-0.25, -0.2) is 9.37 Å². The molecule has 1 heterocycles. The lowest BCUT2D eigenvalue weighted by molar-refractivity contribution is 0.573. The van der Waals surface area contributed by atoms with Gasteiger partial charge in [-0.05, 0) is 18.2 Å². The first-order valence-corrected chi connectivity index (χ1v) is 5.49. The average Bonchev–Trinajstić information content (AvgIpc) is 2.65. The van der Waals surface area contributed by atoms with E-state index in [1.807, 2.05) is 0 Å². The quantitative estimate of drug-likeness (QED) is 0.744. The summed E-state index contributed by atoms with van der Waals surface area (Å²) < 4.78 is 12.9. The summed E-state index contributed by atoms with van der Waals surface area (Å²) in [7, 11) is 0. The van der Waals surface area contributed by atoms with E-state index in [1.54, 1.807) is 12.3 Å². The Morgan fingerprint density at radius 2 is 2.00 bits per heavy atom. The molecule has 17 heavy (non-hydrogen) atoms. The molecule has 0 atom stereocenters. The molecule has 2 rings (SSSR count). The number of halogens is 1. The van der Waals surface area contributed by atoms with Crippen LogP contribution in [0.15, 0.2) is 24.4 Å². The second-order valence-electron chi connectivity index (χ2n) is 5.13. The maximum Gasteiger partial charge on any atom is 0.139 e. The summed E-state index contributed by atoms with van der Waals surface area (Å²) in [6.45, 7) is 6.29. The van der Waals surface area contributed by atoms with Gasteiger partial charge in [0.1, 0.15) is 11.6 Å². The van der Waals surface area contributed by atoms with E-state index in [9.17, 15) is 4.39 Å². The molecule has 0 spiro atoms. The highest BCUT2D eigenvalue weighted by Gasteiger charge is 2.17. The Morgan fingerprint density at radius 3 is 2.53 bits per heavy atom. The van der Waals surface area contributed by atoms with Crippen LogP contribution < -0.4 is 5.73 Å². The van der Waals surface area contributed by atoms with Crippen molar-refractivity contribution in [1.82, 2.24) is 9.97 Å². The third-order valence-corrected chi connectivity index (χ3v) is 2.65. The molecule has 1 aromatic heterocycles. The number of nitrogens with two attached hydrogens (primary N) is 1. The molecule has 0 unspecified atom stereocenters. The fourth-order valence-corrected chi connectivity index (χ4v) is 1.59. The number of nitrogens with one attached hydrogen (secondary N) is 1. The highest BCUT2D eigenvalue weighted by molar-refractivity contribution is 5.71. The van der Waals surface area contributed by atoms with E-state index in [-0.39, 0.29) is 11.2 Å². The smallest absolute Gasteiger partial charge is 0.139 e. The summed E-state index contributed by atoms with van der Waals surface area (Å²) >= 11 is 0. The van der Waals surface area contributed by atoms with Crippen LogP contribution in [-0.2, 0) is 5.41 Å². The van der Waals surface area contributed by atoms with Crippen molar-refractivity contribution in [3.8, 4) is 11.4 Å². The van der Waals surface area contributed by atoms with Gasteiger partial charge in [0.2, 0.25) is 0 Å². The molecule has 90 valence electrons. The highest BCUT2D eigenvalue weighted by atomic mass is 19.1. The zero-order valence-electron chi connectivity index (χ0n) is 10.2. The van der Waals surface area contributed by atoms with Gasteiger partial charge in [-0.15, -0.1) is 0 Å². The average molecular weight is 233 g/mol. The lowest BCUT2D eigenvalue weighted by Crippen LogP contribution is -2.11. The van der Waals surface area contributed by atoms with Crippen LogP contribution in [-0.4, -0.2) is 9.97 Å². The number of H-pyrrole nitrogens is 1. The monoisotopic (exact) mass is 233 g/mol. The number of aromatic amines is 1. The Balaban J connectivity index is 2.44. The van der Waals surface area contributed by atoms with Gasteiger partial charge in [0.15, 0.2) is 0 Å². The third kappa shape index (κ3) is 2.30. The first kappa shape index (κ1) is 11.6. The first-order valence-electron chi connectivity index (χ1n) is 5.49. The van der Waals surface area contributed by atoms with Gasteiger partial charge in [-0.3, -0.25) is 0 Å². The molecule has 0 aliphatic rings. The van der Waals surface area contributed by atoms with Gasteiger partial charge in [-0.1, -0.05) is 20.8 Å². The van der Waals surface area contributed by atoms with Gasteiger partial charge in [0, 0.05) is 28.6 Å². The number of nitrogens with zero attached hydrogens (tertiary/aromatic N) is 1. The van der Waals surface area contributed by atoms with E-state index < -0.39 is 0 Å². The summed E-state index contributed by atoms with van der Waals surface area (Å²) in [5, 5.41) is 0. The maximum absolute atomic E-state index is 12.9. The minimum atomic E-state index is -0.339. The van der Waals surface area contributed by atoms with Gasteiger partial charge in [-0.2, -0.15) is 0 Å². The molecule has 0 bridgehead atoms. The van der Waals surface area contributed by atoms with Gasteiger partial charge < -0.3 is 10.7 Å². The molecule has 3 nitrogen and oxygen atoms in total. The number of anilines is 1. The number of hydrogen-bond acceptors (Lipinski definition) is 2. The molecule has 3 N–H and O–H groups in total. The molecule has 4 heteroatoms. The largest absolute Gasteiger partial charge is 0.398 e. The second-order valence-corrected chi connectivity index (χ2v) is 5.13. The molecule has 1 aromatic carbocycles. The first-order chi connectivity index (χ1) is 7.88. The Kier molecular flexibility index (Phi) is 2.65. The van der Waals surface area contributed by atoms with Crippen molar-refractivity contribution in [1.29, 1.82) is 0 Å². The van der Waals surface area contributed by atoms with Gasteiger partial charge in [0.05, 0.1) is 0 Å². The van der Waals surface area contributed by atoms with E-state index in [1.165, 1.54) is 12.1 Å². The number of nitrogen functional groups attached to an aromatic ring is 1. The molecular formula is C13H16FN3. The van der Waals surface area contributed by atoms with E-state index in [0.29, 0.717) is 11.5 Å². The molecule has 0 aliphatic heterocycles. The van der Waals surface area contributed by atoms with Crippen molar-refractivity contribution in [3.63, 3.8) is 0 Å². The fourth-order valence-electron chi connectivity index (χ4n) is 1.59. The van der Waals surface area contributed by atoms with Crippen LogP contribution in [0.2, 0.25) is 0 Å². The number of hydrogen-bond donors (Lipinski definition) is 2. The van der Waals surface area contributed by atoms with Crippen molar-refractivity contribution in [2.24, 2.45) is 0 Å². The number of benzene rings is 1. The van der Waals surface area contributed by atoms with Crippen LogP contribution in [0.5, 0.6) is 0 Å². The van der Waals surface area contributed by atoms with Crippen LogP contribution >= 0.6 is 0 Å². The summed E-state index contributed by atoms with van der Waals surface area (Å²) in [6, 6.07) is 4.32. The fraction of sp³-hybridized carbons (Fsp3) is 0.308. The van der Waals surface area contributed by atoms with Crippen molar-refractivity contribution in [2.45, 2.75) is 26.2 Å². The molecular weight excluding hydrogens is 217 g/mol. The summed E-state index contributed by atoms with van der Waals surface area (Å²) in [5.41, 5.74) is 7.91. The van der Waals surface area contributed by atoms with Crippen molar-refractivity contribution >= 4 is 5.69 Å². The zero-order chi connectivity index (χ0) is 12.6. The number of rotatable bonds is 1. The lowest BCUT2D eigenvalue weighted by Gasteiger charge is -2.15. The van der Waals surface area contributed by atoms with Crippen molar-refractivity contribution in [2.75, 3.05) is 5.73 Å². The van der Waals surface area contributed by atoms with Crippen molar-refractivity contribution < 1.29 is 4.39 Å². The predicted molar refractivity (Wildman–Crippen MR) is 67.1 cm³/mol. The number of aromatic nitrogens is 2. The predicted octanol–water partition coefficient (Wildman–Crippen LogP) is 3.10. The molecule has 0 amide bonds. The summed E-state index contributed by atoms with van der Waals surface area (Å²) in [4.78, 5) is 7.50. The molecule has 0 aliphatic carbocycles. The highest BCUT2D eigenvalue weighted by Crippen LogP contribution is 2.27. The Labute approximate surface area is 99.9 Å². The van der Waals surface area contributed by atoms with Crippen LogP contribution in [0.3, 0.4) is 0 Å². The molecule has 0 saturated carbocycles. The van der Waals surface area contributed by atoms with E-state index >= 15 is 0 Å². The second kappa shape index (κ2) is 3.87. The minimum Gasteiger partial charge on any atom is -0.398 e. The van der Waals surface area contributed by atoms with Gasteiger partial charge >= 0.3 is 0 Å². The van der Waals surface area contributed by atoms with Crippen molar-refractivity contribution in [3.05, 3.63) is 35.9 Å². The summed E-state index contributed by atoms with van der Waals surface area (Å²) in [5.74, 6) is 0.335. The normalized spacial score (nSPS) is 11.8. The van der Waals surface area contributed by atoms with Crippen LogP contribution in [0, 0.1) is 5.82 Å². The zero-order valence-corrected chi connectivity index (χ0v) is 10.2. The Morgan fingerprint density at radius 1 is 1.29 bits per heavy atom. The lowest BCUT2D eigenvalue weighted by atomic mass is 9.93. The topological polar surface area (TPSA) is 54.7 Å². The Hall–Kier alpha value is -1.84. The third-order valence-electron chi connectivity index (χ3n) is 2.65. The SMILES string of the molecule is CC(C)(C)c1cnc(-c2ccc(F)cc2N)[nH]1. The minimum absolute atomic E-state index is 0.0000419. The molecule has 2 aromatic rings. The Bertz CT molecular complexity index is 538. The van der Waals surface area contributed by atoms with E-state index in [0.717, 1.165) is 11.3 Å². The maximum atomic E-state index is 12.9.